The smallest absolute Gasteiger partial charge is 0.193 e. The van der Waals surface area contributed by atoms with E-state index in [-0.39, 0.29) is 12.4 Å². The van der Waals surface area contributed by atoms with Gasteiger partial charge < -0.3 is 14.6 Å². The monoisotopic (exact) mass is 272 g/mol. The van der Waals surface area contributed by atoms with Crippen LogP contribution in [0.5, 0.6) is 11.5 Å². The molecule has 0 aromatic heterocycles. The van der Waals surface area contributed by atoms with E-state index in [2.05, 4.69) is 0 Å². The summed E-state index contributed by atoms with van der Waals surface area (Å²) < 4.78 is 10.2. The Morgan fingerprint density at radius 1 is 1.05 bits per heavy atom. The number of aliphatic hydroxyl groups excluding tert-OH is 1. The molecule has 0 bridgehead atoms. The second-order valence-corrected chi connectivity index (χ2v) is 4.24. The molecule has 0 saturated heterocycles. The van der Waals surface area contributed by atoms with Crippen LogP contribution in [0.3, 0.4) is 0 Å². The zero-order valence-electron chi connectivity index (χ0n) is 11.4. The van der Waals surface area contributed by atoms with Gasteiger partial charge in [0.05, 0.1) is 20.8 Å². The number of methoxy groups -OCH3 is 2. The number of rotatable bonds is 5. The minimum atomic E-state index is -0.199. The highest BCUT2D eigenvalue weighted by Crippen LogP contribution is 2.22. The van der Waals surface area contributed by atoms with E-state index in [9.17, 15) is 9.90 Å². The number of ether oxygens (including phenoxy) is 2. The van der Waals surface area contributed by atoms with E-state index in [0.717, 1.165) is 0 Å². The van der Waals surface area contributed by atoms with Gasteiger partial charge in [-0.3, -0.25) is 4.79 Å². The maximum absolute atomic E-state index is 12.5. The zero-order valence-corrected chi connectivity index (χ0v) is 11.4. The molecule has 1 N–H and O–H groups in total. The van der Waals surface area contributed by atoms with E-state index >= 15 is 0 Å². The maximum atomic E-state index is 12.5. The summed E-state index contributed by atoms with van der Waals surface area (Å²) in [6.07, 6.45) is 0. The van der Waals surface area contributed by atoms with Gasteiger partial charge in [-0.2, -0.15) is 0 Å². The second kappa shape index (κ2) is 6.21. The van der Waals surface area contributed by atoms with Crippen molar-refractivity contribution in [2.75, 3.05) is 14.2 Å². The van der Waals surface area contributed by atoms with Gasteiger partial charge in [0.1, 0.15) is 11.5 Å². The molecule has 2 aromatic rings. The summed E-state index contributed by atoms with van der Waals surface area (Å²) in [6, 6.07) is 11.9. The van der Waals surface area contributed by atoms with Crippen molar-refractivity contribution >= 4 is 5.78 Å². The fraction of sp³-hybridized carbons (Fsp3) is 0.188. The molecule has 0 spiro atoms. The Labute approximate surface area is 117 Å². The fourth-order valence-electron chi connectivity index (χ4n) is 1.95. The van der Waals surface area contributed by atoms with Crippen LogP contribution in [0.15, 0.2) is 42.5 Å². The van der Waals surface area contributed by atoms with Crippen LogP contribution in [0.2, 0.25) is 0 Å². The third-order valence-electron chi connectivity index (χ3n) is 3.06. The molecule has 20 heavy (non-hydrogen) atoms. The van der Waals surface area contributed by atoms with Crippen LogP contribution in [0.1, 0.15) is 21.5 Å². The number of aliphatic hydroxyl groups is 1. The van der Waals surface area contributed by atoms with Gasteiger partial charge in [0.15, 0.2) is 5.78 Å². The molecule has 0 atom stereocenters. The highest BCUT2D eigenvalue weighted by atomic mass is 16.5. The summed E-state index contributed by atoms with van der Waals surface area (Å²) in [4.78, 5) is 12.5. The van der Waals surface area contributed by atoms with Crippen LogP contribution in [0.4, 0.5) is 0 Å². The van der Waals surface area contributed by atoms with Gasteiger partial charge in [0.25, 0.3) is 0 Å². The zero-order chi connectivity index (χ0) is 14.5. The standard InChI is InChI=1S/C16H16O4/c1-19-13-5-3-4-11(8-13)16(18)15-9-14(20-2)7-6-12(15)10-17/h3-9,17H,10H2,1-2H3. The number of hydrogen-bond acceptors (Lipinski definition) is 4. The lowest BCUT2D eigenvalue weighted by Crippen LogP contribution is -2.06. The molecule has 0 amide bonds. The Bertz CT molecular complexity index is 620. The molecule has 4 nitrogen and oxygen atoms in total. The van der Waals surface area contributed by atoms with Gasteiger partial charge >= 0.3 is 0 Å². The molecule has 2 aromatic carbocycles. The number of carbonyl (C=O) groups excluding carboxylic acids is 1. The van der Waals surface area contributed by atoms with Crippen molar-refractivity contribution < 1.29 is 19.4 Å². The predicted octanol–water partition coefficient (Wildman–Crippen LogP) is 2.43. The molecule has 104 valence electrons. The van der Waals surface area contributed by atoms with E-state index in [1.165, 1.54) is 7.11 Å². The lowest BCUT2D eigenvalue weighted by molar-refractivity contribution is 0.103. The van der Waals surface area contributed by atoms with Gasteiger partial charge in [0.2, 0.25) is 0 Å². The summed E-state index contributed by atoms with van der Waals surface area (Å²) >= 11 is 0. The number of ketones is 1. The van der Waals surface area contributed by atoms with Crippen molar-refractivity contribution in [2.45, 2.75) is 6.61 Å². The Kier molecular flexibility index (Phi) is 4.38. The lowest BCUT2D eigenvalue weighted by atomic mass is 9.98. The van der Waals surface area contributed by atoms with Crippen LogP contribution in [-0.2, 0) is 6.61 Å². The van der Waals surface area contributed by atoms with Crippen LogP contribution >= 0.6 is 0 Å². The van der Waals surface area contributed by atoms with Crippen LogP contribution in [-0.4, -0.2) is 25.1 Å². The first-order chi connectivity index (χ1) is 9.69. The summed E-state index contributed by atoms with van der Waals surface area (Å²) in [6.45, 7) is -0.199. The van der Waals surface area contributed by atoms with Gasteiger partial charge in [-0.1, -0.05) is 18.2 Å². The first-order valence-corrected chi connectivity index (χ1v) is 6.16. The molecule has 0 radical (unpaired) electrons. The average molecular weight is 272 g/mol. The van der Waals surface area contributed by atoms with Crippen molar-refractivity contribution in [1.82, 2.24) is 0 Å². The molecule has 0 fully saturated rings. The number of hydrogen-bond donors (Lipinski definition) is 1. The van der Waals surface area contributed by atoms with Crippen LogP contribution in [0, 0.1) is 0 Å². The normalized spacial score (nSPS) is 10.2. The Balaban J connectivity index is 2.46. The van der Waals surface area contributed by atoms with Crippen molar-refractivity contribution in [1.29, 1.82) is 0 Å². The lowest BCUT2D eigenvalue weighted by Gasteiger charge is -2.09. The molecule has 0 aliphatic carbocycles. The SMILES string of the molecule is COc1cccc(C(=O)c2cc(OC)ccc2CO)c1. The van der Waals surface area contributed by atoms with Gasteiger partial charge in [-0.25, -0.2) is 0 Å². The Hall–Kier alpha value is -2.33. The second-order valence-electron chi connectivity index (χ2n) is 4.24. The van der Waals surface area contributed by atoms with E-state index in [1.807, 2.05) is 0 Å². The molecule has 0 aliphatic rings. The summed E-state index contributed by atoms with van der Waals surface area (Å²) in [5.74, 6) is 1.02. The number of carbonyl (C=O) groups is 1. The molecule has 0 aliphatic heterocycles. The predicted molar refractivity (Wildman–Crippen MR) is 75.3 cm³/mol. The topological polar surface area (TPSA) is 55.8 Å². The highest BCUT2D eigenvalue weighted by molar-refractivity contribution is 6.10. The maximum Gasteiger partial charge on any atom is 0.193 e. The van der Waals surface area contributed by atoms with Gasteiger partial charge in [-0.15, -0.1) is 0 Å². The van der Waals surface area contributed by atoms with Crippen molar-refractivity contribution in [3.8, 4) is 11.5 Å². The molecule has 4 heteroatoms. The van der Waals surface area contributed by atoms with Crippen LogP contribution < -0.4 is 9.47 Å². The molecular formula is C16H16O4. The first kappa shape index (κ1) is 14.1. The highest BCUT2D eigenvalue weighted by Gasteiger charge is 2.15. The largest absolute Gasteiger partial charge is 0.497 e. The average Bonchev–Trinajstić information content (AvgIpc) is 2.53. The quantitative estimate of drug-likeness (QED) is 0.849. The van der Waals surface area contributed by atoms with E-state index in [0.29, 0.717) is 28.2 Å². The summed E-state index contributed by atoms with van der Waals surface area (Å²) in [7, 11) is 3.09. The minimum absolute atomic E-state index is 0.174. The number of benzene rings is 2. The Morgan fingerprint density at radius 2 is 1.75 bits per heavy atom. The summed E-state index contributed by atoms with van der Waals surface area (Å²) in [5.41, 5.74) is 1.51. The first-order valence-electron chi connectivity index (χ1n) is 6.16. The van der Waals surface area contributed by atoms with Crippen LogP contribution in [0.25, 0.3) is 0 Å². The molecule has 0 unspecified atom stereocenters. The molecule has 0 heterocycles. The van der Waals surface area contributed by atoms with Crippen molar-refractivity contribution in [3.05, 3.63) is 59.2 Å². The summed E-state index contributed by atoms with van der Waals surface area (Å²) in [5, 5.41) is 9.36. The van der Waals surface area contributed by atoms with Crippen molar-refractivity contribution in [3.63, 3.8) is 0 Å². The fourth-order valence-corrected chi connectivity index (χ4v) is 1.95. The van der Waals surface area contributed by atoms with Gasteiger partial charge in [-0.05, 0) is 29.8 Å². The minimum Gasteiger partial charge on any atom is -0.497 e. The van der Waals surface area contributed by atoms with E-state index in [4.69, 9.17) is 9.47 Å². The molecular weight excluding hydrogens is 256 g/mol. The van der Waals surface area contributed by atoms with E-state index in [1.54, 1.807) is 49.6 Å². The third kappa shape index (κ3) is 2.81. The van der Waals surface area contributed by atoms with Gasteiger partial charge in [0, 0.05) is 11.1 Å². The van der Waals surface area contributed by atoms with E-state index < -0.39 is 0 Å². The molecule has 2 rings (SSSR count). The van der Waals surface area contributed by atoms with Crippen molar-refractivity contribution in [2.24, 2.45) is 0 Å². The Morgan fingerprint density at radius 3 is 2.40 bits per heavy atom. The molecule has 0 saturated carbocycles. The third-order valence-corrected chi connectivity index (χ3v) is 3.06.